The zero-order valence-electron chi connectivity index (χ0n) is 7.66. The Labute approximate surface area is 92.3 Å². The summed E-state index contributed by atoms with van der Waals surface area (Å²) in [5.74, 6) is 2.47. The third-order valence-electron chi connectivity index (χ3n) is 2.11. The quantitative estimate of drug-likeness (QED) is 0.372. The molecule has 1 heterocycles. The van der Waals surface area contributed by atoms with Crippen LogP contribution in [0.1, 0.15) is 5.56 Å². The van der Waals surface area contributed by atoms with E-state index in [1.54, 1.807) is 24.4 Å². The Morgan fingerprint density at radius 3 is 2.93 bits per heavy atom. The molecule has 0 aliphatic carbocycles. The van der Waals surface area contributed by atoms with Crippen molar-refractivity contribution in [1.82, 2.24) is 4.98 Å². The minimum absolute atomic E-state index is 0.403. The van der Waals surface area contributed by atoms with Crippen molar-refractivity contribution in [2.45, 2.75) is 0 Å². The Kier molecular flexibility index (Phi) is 2.29. The molecule has 0 unspecified atom stereocenters. The standard InChI is InChI=1S/C12H5ClN2/c1-3-8-6-10-9(7-11(8)14-2)4-5-15-12(10)13/h1,4-7H. The first-order valence-corrected chi connectivity index (χ1v) is 4.56. The van der Waals surface area contributed by atoms with Crippen LogP contribution in [-0.4, -0.2) is 4.98 Å². The minimum Gasteiger partial charge on any atom is -0.244 e. The monoisotopic (exact) mass is 212 g/mol. The molecule has 0 amide bonds. The van der Waals surface area contributed by atoms with Gasteiger partial charge in [-0.05, 0) is 23.6 Å². The van der Waals surface area contributed by atoms with Gasteiger partial charge >= 0.3 is 0 Å². The molecule has 2 nitrogen and oxygen atoms in total. The van der Waals surface area contributed by atoms with Crippen LogP contribution < -0.4 is 0 Å². The number of halogens is 1. The van der Waals surface area contributed by atoms with Gasteiger partial charge in [-0.3, -0.25) is 0 Å². The van der Waals surface area contributed by atoms with Crippen molar-refractivity contribution in [2.75, 3.05) is 0 Å². The van der Waals surface area contributed by atoms with Crippen molar-refractivity contribution in [1.29, 1.82) is 0 Å². The van der Waals surface area contributed by atoms with E-state index in [0.29, 0.717) is 16.4 Å². The highest BCUT2D eigenvalue weighted by Crippen LogP contribution is 2.28. The summed E-state index contributed by atoms with van der Waals surface area (Å²) in [5.41, 5.74) is 1.01. The first-order valence-electron chi connectivity index (χ1n) is 4.18. The number of hydrogen-bond donors (Lipinski definition) is 0. The topological polar surface area (TPSA) is 17.2 Å². The fourth-order valence-corrected chi connectivity index (χ4v) is 1.60. The number of aromatic nitrogens is 1. The lowest BCUT2D eigenvalue weighted by Crippen LogP contribution is -1.81. The number of rotatable bonds is 0. The van der Waals surface area contributed by atoms with Gasteiger partial charge in [0.1, 0.15) is 5.15 Å². The Morgan fingerprint density at radius 2 is 2.27 bits per heavy atom. The normalized spacial score (nSPS) is 9.53. The van der Waals surface area contributed by atoms with Crippen LogP contribution in [-0.2, 0) is 0 Å². The van der Waals surface area contributed by atoms with Gasteiger partial charge in [0.2, 0.25) is 5.69 Å². The first kappa shape index (κ1) is 9.52. The summed E-state index contributed by atoms with van der Waals surface area (Å²) in [4.78, 5) is 7.32. The molecule has 0 saturated heterocycles. The Bertz CT molecular complexity index is 618. The molecule has 1 aromatic carbocycles. The smallest absolute Gasteiger partial charge is 0.203 e. The summed E-state index contributed by atoms with van der Waals surface area (Å²) >= 11 is 5.92. The van der Waals surface area contributed by atoms with Crippen LogP contribution >= 0.6 is 11.6 Å². The van der Waals surface area contributed by atoms with Crippen LogP contribution in [0, 0.1) is 18.9 Å². The van der Waals surface area contributed by atoms with E-state index in [4.69, 9.17) is 24.6 Å². The molecule has 2 rings (SSSR count). The molecule has 0 aliphatic heterocycles. The van der Waals surface area contributed by atoms with Gasteiger partial charge < -0.3 is 0 Å². The highest BCUT2D eigenvalue weighted by atomic mass is 35.5. The molecule has 0 spiro atoms. The van der Waals surface area contributed by atoms with Crippen LogP contribution in [0.15, 0.2) is 24.4 Å². The molecular weight excluding hydrogens is 208 g/mol. The SMILES string of the molecule is [C-]#[N+]c1cc2ccnc(Cl)c2cc1C#C. The van der Waals surface area contributed by atoms with Gasteiger partial charge in [-0.1, -0.05) is 17.5 Å². The van der Waals surface area contributed by atoms with Gasteiger partial charge in [0.25, 0.3) is 0 Å². The molecule has 0 atom stereocenters. The molecule has 0 aliphatic rings. The minimum atomic E-state index is 0.403. The van der Waals surface area contributed by atoms with E-state index in [9.17, 15) is 0 Å². The summed E-state index contributed by atoms with van der Waals surface area (Å²) in [6, 6.07) is 5.25. The van der Waals surface area contributed by atoms with Crippen molar-refractivity contribution in [3.8, 4) is 12.3 Å². The molecule has 0 bridgehead atoms. The van der Waals surface area contributed by atoms with Crippen LogP contribution in [0.2, 0.25) is 5.15 Å². The number of benzene rings is 1. The summed E-state index contributed by atoms with van der Waals surface area (Å²) < 4.78 is 0. The lowest BCUT2D eigenvalue weighted by molar-refractivity contribution is 1.36. The molecule has 3 heteroatoms. The highest BCUT2D eigenvalue weighted by Gasteiger charge is 2.05. The van der Waals surface area contributed by atoms with Crippen molar-refractivity contribution in [2.24, 2.45) is 0 Å². The second kappa shape index (κ2) is 3.61. The Hall–Kier alpha value is -2.03. The number of terminal acetylenes is 1. The largest absolute Gasteiger partial charge is 0.244 e. The van der Waals surface area contributed by atoms with Gasteiger partial charge in [0, 0.05) is 17.1 Å². The summed E-state index contributed by atoms with van der Waals surface area (Å²) in [6.07, 6.45) is 6.92. The summed E-state index contributed by atoms with van der Waals surface area (Å²) in [7, 11) is 0. The third-order valence-corrected chi connectivity index (χ3v) is 2.41. The maximum Gasteiger partial charge on any atom is 0.203 e. The number of hydrogen-bond acceptors (Lipinski definition) is 1. The van der Waals surface area contributed by atoms with Crippen LogP contribution in [0.5, 0.6) is 0 Å². The van der Waals surface area contributed by atoms with E-state index < -0.39 is 0 Å². The molecule has 1 aromatic heterocycles. The van der Waals surface area contributed by atoms with Crippen LogP contribution in [0.4, 0.5) is 5.69 Å². The van der Waals surface area contributed by atoms with Gasteiger partial charge in [0.15, 0.2) is 0 Å². The van der Waals surface area contributed by atoms with E-state index in [2.05, 4.69) is 15.7 Å². The molecule has 0 radical (unpaired) electrons. The van der Waals surface area contributed by atoms with Crippen molar-refractivity contribution >= 4 is 28.1 Å². The maximum absolute atomic E-state index is 7.00. The lowest BCUT2D eigenvalue weighted by Gasteiger charge is -2.02. The summed E-state index contributed by atoms with van der Waals surface area (Å²) in [5, 5.41) is 2.06. The predicted octanol–water partition coefficient (Wildman–Crippen LogP) is 3.42. The van der Waals surface area contributed by atoms with E-state index >= 15 is 0 Å². The first-order chi connectivity index (χ1) is 7.26. The number of fused-ring (bicyclic) bond motifs is 1. The average Bonchev–Trinajstić information content (AvgIpc) is 2.28. The van der Waals surface area contributed by atoms with Crippen molar-refractivity contribution < 1.29 is 0 Å². The Morgan fingerprint density at radius 1 is 1.47 bits per heavy atom. The second-order valence-electron chi connectivity index (χ2n) is 2.95. The van der Waals surface area contributed by atoms with Crippen LogP contribution in [0.3, 0.4) is 0 Å². The predicted molar refractivity (Wildman–Crippen MR) is 61.0 cm³/mol. The van der Waals surface area contributed by atoms with Gasteiger partial charge in [-0.25, -0.2) is 9.83 Å². The third kappa shape index (κ3) is 1.52. The van der Waals surface area contributed by atoms with Gasteiger partial charge in [-0.15, -0.1) is 6.42 Å². The second-order valence-corrected chi connectivity index (χ2v) is 3.31. The number of pyridine rings is 1. The molecule has 0 saturated carbocycles. The molecule has 70 valence electrons. The zero-order chi connectivity index (χ0) is 10.8. The van der Waals surface area contributed by atoms with E-state index in [0.717, 1.165) is 10.8 Å². The van der Waals surface area contributed by atoms with Gasteiger partial charge in [-0.2, -0.15) is 0 Å². The zero-order valence-corrected chi connectivity index (χ0v) is 8.42. The average molecular weight is 213 g/mol. The van der Waals surface area contributed by atoms with Crippen LogP contribution in [0.25, 0.3) is 15.6 Å². The molecule has 0 fully saturated rings. The molecule has 15 heavy (non-hydrogen) atoms. The lowest BCUT2D eigenvalue weighted by atomic mass is 10.1. The molecule has 2 aromatic rings. The molecular formula is C12H5ClN2. The van der Waals surface area contributed by atoms with E-state index in [1.165, 1.54) is 0 Å². The van der Waals surface area contributed by atoms with E-state index in [1.807, 2.05) is 0 Å². The van der Waals surface area contributed by atoms with Crippen molar-refractivity contribution in [3.63, 3.8) is 0 Å². The maximum atomic E-state index is 7.00. The Balaban J connectivity index is 2.90. The fraction of sp³-hybridized carbons (Fsp3) is 0. The van der Waals surface area contributed by atoms with Gasteiger partial charge in [0.05, 0.1) is 6.57 Å². The molecule has 0 N–H and O–H groups in total. The summed E-state index contributed by atoms with van der Waals surface area (Å²) in [6.45, 7) is 7.00. The van der Waals surface area contributed by atoms with E-state index in [-0.39, 0.29) is 0 Å². The van der Waals surface area contributed by atoms with Crippen molar-refractivity contribution in [3.05, 3.63) is 46.5 Å². The fourth-order valence-electron chi connectivity index (χ4n) is 1.38. The number of nitrogens with zero attached hydrogens (tertiary/aromatic N) is 2. The highest BCUT2D eigenvalue weighted by molar-refractivity contribution is 6.34.